The zero-order valence-electron chi connectivity index (χ0n) is 14.2. The Balaban J connectivity index is 1.62. The Hall–Kier alpha value is -3.49. The van der Waals surface area contributed by atoms with Crippen LogP contribution in [-0.2, 0) is 17.9 Å². The summed E-state index contributed by atoms with van der Waals surface area (Å²) in [6, 6.07) is 5.89. The predicted molar refractivity (Wildman–Crippen MR) is 89.5 cm³/mol. The fourth-order valence-corrected chi connectivity index (χ4v) is 2.37. The minimum absolute atomic E-state index is 0.00651. The van der Waals surface area contributed by atoms with Gasteiger partial charge in [0.2, 0.25) is 0 Å². The summed E-state index contributed by atoms with van der Waals surface area (Å²) in [5, 5.41) is 15.7. The molecule has 2 N–H and O–H groups in total. The van der Waals surface area contributed by atoms with Crippen LogP contribution in [0.3, 0.4) is 0 Å². The molecule has 0 aliphatic rings. The van der Waals surface area contributed by atoms with Gasteiger partial charge in [-0.2, -0.15) is 0 Å². The lowest BCUT2D eigenvalue weighted by atomic mass is 10.1. The summed E-state index contributed by atoms with van der Waals surface area (Å²) in [5.41, 5.74) is 1.76. The third-order valence-corrected chi connectivity index (χ3v) is 3.67. The molecule has 0 fully saturated rings. The van der Waals surface area contributed by atoms with Crippen LogP contribution in [0.4, 0.5) is 13.6 Å². The van der Waals surface area contributed by atoms with Crippen LogP contribution in [0, 0.1) is 18.6 Å². The first kappa shape index (κ1) is 18.3. The third-order valence-electron chi connectivity index (χ3n) is 3.67. The van der Waals surface area contributed by atoms with Gasteiger partial charge in [0.25, 0.3) is 0 Å². The highest BCUT2D eigenvalue weighted by Crippen LogP contribution is 2.25. The Labute approximate surface area is 152 Å². The van der Waals surface area contributed by atoms with Gasteiger partial charge in [0.1, 0.15) is 29.7 Å². The lowest BCUT2D eigenvalue weighted by Gasteiger charge is -2.08. The molecule has 2 heterocycles. The Kier molecular flexibility index (Phi) is 5.30. The topological polar surface area (TPSA) is 97.5 Å². The van der Waals surface area contributed by atoms with Crippen LogP contribution in [0.25, 0.3) is 11.5 Å². The number of halogens is 2. The molecule has 1 amide bonds. The second kappa shape index (κ2) is 7.81. The summed E-state index contributed by atoms with van der Waals surface area (Å²) >= 11 is 0. The standard InChI is InChI=1S/C18H15F2N3O4/c1-10-15(17(27-23-10)16-3-2-14(24)7-21-16)8-22-18(25)26-9-11-4-12(19)6-13(20)5-11/h2-7,24H,8-9H2,1H3,(H,22,25). The van der Waals surface area contributed by atoms with Crippen molar-refractivity contribution in [3.8, 4) is 17.2 Å². The van der Waals surface area contributed by atoms with Crippen LogP contribution in [0.5, 0.6) is 5.75 Å². The molecule has 0 unspecified atom stereocenters. The van der Waals surface area contributed by atoms with Crippen molar-refractivity contribution in [1.29, 1.82) is 0 Å². The van der Waals surface area contributed by atoms with E-state index in [2.05, 4.69) is 15.5 Å². The van der Waals surface area contributed by atoms with Gasteiger partial charge in [-0.15, -0.1) is 0 Å². The molecule has 0 saturated heterocycles. The van der Waals surface area contributed by atoms with E-state index in [9.17, 15) is 18.7 Å². The van der Waals surface area contributed by atoms with E-state index in [0.717, 1.165) is 18.2 Å². The molecule has 3 rings (SSSR count). The number of nitrogens with one attached hydrogen (secondary N) is 1. The molecule has 0 bridgehead atoms. The molecule has 0 atom stereocenters. The smallest absolute Gasteiger partial charge is 0.407 e. The molecule has 1 aromatic carbocycles. The number of hydrogen-bond acceptors (Lipinski definition) is 6. The normalized spacial score (nSPS) is 10.6. The summed E-state index contributed by atoms with van der Waals surface area (Å²) in [5.74, 6) is -1.15. The maximum atomic E-state index is 13.1. The summed E-state index contributed by atoms with van der Waals surface area (Å²) in [6.07, 6.45) is 0.487. The van der Waals surface area contributed by atoms with E-state index < -0.39 is 17.7 Å². The van der Waals surface area contributed by atoms with Gasteiger partial charge in [-0.3, -0.25) is 0 Å². The van der Waals surface area contributed by atoms with Crippen LogP contribution >= 0.6 is 0 Å². The van der Waals surface area contributed by atoms with E-state index >= 15 is 0 Å². The molecular weight excluding hydrogens is 360 g/mol. The molecule has 3 aromatic rings. The van der Waals surface area contributed by atoms with Gasteiger partial charge in [-0.1, -0.05) is 5.16 Å². The number of hydrogen-bond donors (Lipinski definition) is 2. The van der Waals surface area contributed by atoms with E-state index in [0.29, 0.717) is 22.7 Å². The lowest BCUT2D eigenvalue weighted by molar-refractivity contribution is 0.139. The Morgan fingerprint density at radius 3 is 2.67 bits per heavy atom. The zero-order chi connectivity index (χ0) is 19.4. The molecular formula is C18H15F2N3O4. The van der Waals surface area contributed by atoms with Crippen LogP contribution in [0.15, 0.2) is 41.1 Å². The monoisotopic (exact) mass is 375 g/mol. The van der Waals surface area contributed by atoms with Crippen molar-refractivity contribution >= 4 is 6.09 Å². The van der Waals surface area contributed by atoms with Crippen molar-refractivity contribution in [2.45, 2.75) is 20.1 Å². The second-order valence-corrected chi connectivity index (χ2v) is 5.68. The van der Waals surface area contributed by atoms with Crippen LogP contribution < -0.4 is 5.32 Å². The molecule has 0 aliphatic carbocycles. The maximum Gasteiger partial charge on any atom is 0.407 e. The van der Waals surface area contributed by atoms with E-state index in [4.69, 9.17) is 9.26 Å². The zero-order valence-corrected chi connectivity index (χ0v) is 14.2. The number of rotatable bonds is 5. The predicted octanol–water partition coefficient (Wildman–Crippen LogP) is 3.46. The van der Waals surface area contributed by atoms with Crippen molar-refractivity contribution < 1.29 is 27.9 Å². The summed E-state index contributed by atoms with van der Waals surface area (Å²) in [6.45, 7) is 1.46. The average molecular weight is 375 g/mol. The van der Waals surface area contributed by atoms with Gasteiger partial charge >= 0.3 is 6.09 Å². The van der Waals surface area contributed by atoms with Crippen LogP contribution in [0.1, 0.15) is 16.8 Å². The van der Waals surface area contributed by atoms with Crippen molar-refractivity contribution in [3.05, 3.63) is 65.0 Å². The fraction of sp³-hybridized carbons (Fsp3) is 0.167. The highest BCUT2D eigenvalue weighted by atomic mass is 19.1. The number of ether oxygens (including phenoxy) is 1. The first-order chi connectivity index (χ1) is 12.9. The molecule has 0 radical (unpaired) electrons. The Morgan fingerprint density at radius 2 is 2.00 bits per heavy atom. The summed E-state index contributed by atoms with van der Waals surface area (Å²) in [4.78, 5) is 15.9. The van der Waals surface area contributed by atoms with E-state index in [1.54, 1.807) is 13.0 Å². The lowest BCUT2D eigenvalue weighted by Crippen LogP contribution is -2.24. The largest absolute Gasteiger partial charge is 0.506 e. The molecule has 140 valence electrons. The molecule has 0 saturated carbocycles. The van der Waals surface area contributed by atoms with Crippen molar-refractivity contribution in [3.63, 3.8) is 0 Å². The third kappa shape index (κ3) is 4.57. The number of benzene rings is 1. The SMILES string of the molecule is Cc1noc(-c2ccc(O)cn2)c1CNC(=O)OCc1cc(F)cc(F)c1. The van der Waals surface area contributed by atoms with Gasteiger partial charge in [-0.05, 0) is 36.8 Å². The highest BCUT2D eigenvalue weighted by Gasteiger charge is 2.17. The quantitative estimate of drug-likeness (QED) is 0.709. The van der Waals surface area contributed by atoms with Crippen molar-refractivity contribution in [2.24, 2.45) is 0 Å². The van der Waals surface area contributed by atoms with Gasteiger partial charge in [0.15, 0.2) is 5.76 Å². The number of nitrogens with zero attached hydrogens (tertiary/aromatic N) is 2. The number of pyridine rings is 1. The molecule has 0 aliphatic heterocycles. The second-order valence-electron chi connectivity index (χ2n) is 5.68. The summed E-state index contributed by atoms with van der Waals surface area (Å²) in [7, 11) is 0. The van der Waals surface area contributed by atoms with Crippen LogP contribution in [0.2, 0.25) is 0 Å². The first-order valence-electron chi connectivity index (χ1n) is 7.88. The molecule has 2 aromatic heterocycles. The molecule has 9 heteroatoms. The molecule has 7 nitrogen and oxygen atoms in total. The minimum atomic E-state index is -0.773. The van der Waals surface area contributed by atoms with Gasteiger partial charge in [0.05, 0.1) is 18.4 Å². The number of aromatic hydroxyl groups is 1. The number of amides is 1. The maximum absolute atomic E-state index is 13.1. The van der Waals surface area contributed by atoms with E-state index in [-0.39, 0.29) is 24.5 Å². The van der Waals surface area contributed by atoms with Gasteiger partial charge in [0, 0.05) is 11.6 Å². The average Bonchev–Trinajstić information content (AvgIpc) is 2.99. The van der Waals surface area contributed by atoms with Gasteiger partial charge < -0.3 is 19.7 Å². The molecule has 27 heavy (non-hydrogen) atoms. The minimum Gasteiger partial charge on any atom is -0.506 e. The summed E-state index contributed by atoms with van der Waals surface area (Å²) < 4.78 is 36.4. The number of alkyl carbamates (subject to hydrolysis) is 1. The van der Waals surface area contributed by atoms with Crippen molar-refractivity contribution in [2.75, 3.05) is 0 Å². The number of aryl methyl sites for hydroxylation is 1. The highest BCUT2D eigenvalue weighted by molar-refractivity contribution is 5.68. The first-order valence-corrected chi connectivity index (χ1v) is 7.88. The van der Waals surface area contributed by atoms with Gasteiger partial charge in [-0.25, -0.2) is 18.6 Å². The number of carbonyl (C=O) groups is 1. The van der Waals surface area contributed by atoms with Crippen molar-refractivity contribution in [1.82, 2.24) is 15.5 Å². The number of aromatic nitrogens is 2. The van der Waals surface area contributed by atoms with E-state index in [1.165, 1.54) is 12.3 Å². The fourth-order valence-electron chi connectivity index (χ4n) is 2.37. The number of carbonyl (C=O) groups excluding carboxylic acids is 1. The van der Waals surface area contributed by atoms with Crippen LogP contribution in [-0.4, -0.2) is 21.3 Å². The Bertz CT molecular complexity index is 937. The molecule has 0 spiro atoms. The van der Waals surface area contributed by atoms with E-state index in [1.807, 2.05) is 0 Å². The Morgan fingerprint density at radius 1 is 1.26 bits per heavy atom.